The number of phosphoric acid groups is 1. The van der Waals surface area contributed by atoms with Crippen LogP contribution < -0.4 is 68.9 Å². The van der Waals surface area contributed by atoms with Crippen LogP contribution in [0.5, 0.6) is 0 Å². The van der Waals surface area contributed by atoms with Crippen molar-refractivity contribution in [2.75, 3.05) is 0 Å². The number of rotatable bonds is 9. The van der Waals surface area contributed by atoms with Gasteiger partial charge in [-0.1, -0.05) is 47.0 Å². The van der Waals surface area contributed by atoms with Crippen molar-refractivity contribution in [1.82, 2.24) is 0 Å². The zero-order valence-electron chi connectivity index (χ0n) is 13.4. The molecule has 0 aromatic heterocycles. The Morgan fingerprint density at radius 2 is 1.58 bits per heavy atom. The molecule has 0 aromatic carbocycles. The maximum atomic E-state index is 10.9. The average Bonchev–Trinajstić information content (AvgIpc) is 2.26. The first-order valence-corrected chi connectivity index (χ1v) is 8.04. The molecule has 0 aliphatic rings. The summed E-state index contributed by atoms with van der Waals surface area (Å²) in [6, 6.07) is 0. The van der Waals surface area contributed by atoms with Crippen LogP contribution in [0.1, 0.15) is 66.2 Å². The van der Waals surface area contributed by atoms with Crippen molar-refractivity contribution in [1.29, 1.82) is 0 Å². The molecule has 1 atom stereocenters. The summed E-state index contributed by atoms with van der Waals surface area (Å²) in [5, 5.41) is 0. The molecule has 0 fully saturated rings. The monoisotopic (exact) mass is 310 g/mol. The van der Waals surface area contributed by atoms with Gasteiger partial charge in [0.25, 0.3) is 0 Å². The quantitative estimate of drug-likeness (QED) is 0.329. The van der Waals surface area contributed by atoms with E-state index in [0.29, 0.717) is 12.8 Å². The molecule has 0 bridgehead atoms. The molecule has 0 aliphatic carbocycles. The number of hydrogen-bond acceptors (Lipinski definition) is 4. The zero-order chi connectivity index (χ0) is 13.5. The van der Waals surface area contributed by atoms with E-state index in [-0.39, 0.29) is 65.0 Å². The Hall–Kier alpha value is 2.11. The number of unbranched alkanes of at least 4 members (excludes halogenated alkanes) is 1. The first kappa shape index (κ1) is 26.0. The summed E-state index contributed by atoms with van der Waals surface area (Å²) in [6.45, 7) is 7.88. The third-order valence-corrected chi connectivity index (χ3v) is 4.22. The van der Waals surface area contributed by atoms with E-state index in [4.69, 9.17) is 4.52 Å². The fraction of sp³-hybridized carbons (Fsp3) is 1.00. The van der Waals surface area contributed by atoms with Gasteiger partial charge in [0.15, 0.2) is 0 Å². The van der Waals surface area contributed by atoms with Crippen LogP contribution in [0, 0.1) is 5.92 Å². The van der Waals surface area contributed by atoms with E-state index in [1.54, 1.807) is 0 Å². The minimum Gasteiger partial charge on any atom is -0.790 e. The normalized spacial score (nSPS) is 13.4. The third-order valence-electron chi connectivity index (χ3n) is 3.63. The minimum atomic E-state index is -4.92. The molecule has 0 amide bonds. The van der Waals surface area contributed by atoms with E-state index in [0.717, 1.165) is 25.7 Å². The van der Waals surface area contributed by atoms with Gasteiger partial charge in [-0.25, -0.2) is 0 Å². The second kappa shape index (κ2) is 12.6. The van der Waals surface area contributed by atoms with Crippen molar-refractivity contribution in [3.63, 3.8) is 0 Å². The molecule has 4 nitrogen and oxygen atoms in total. The van der Waals surface area contributed by atoms with Gasteiger partial charge in [0.2, 0.25) is 0 Å². The molecular formula is C12H25Na2O4P. The van der Waals surface area contributed by atoms with Crippen molar-refractivity contribution >= 4 is 7.82 Å². The van der Waals surface area contributed by atoms with Crippen LogP contribution in [0.2, 0.25) is 0 Å². The fourth-order valence-corrected chi connectivity index (χ4v) is 3.40. The Morgan fingerprint density at radius 1 is 1.11 bits per heavy atom. The van der Waals surface area contributed by atoms with Crippen molar-refractivity contribution in [2.24, 2.45) is 5.92 Å². The molecule has 0 rings (SSSR count). The average molecular weight is 310 g/mol. The summed E-state index contributed by atoms with van der Waals surface area (Å²) in [5.41, 5.74) is -0.803. The predicted octanol–water partition coefficient (Wildman–Crippen LogP) is -3.39. The molecule has 7 heteroatoms. The molecular weight excluding hydrogens is 285 g/mol. The molecule has 0 aliphatic heterocycles. The van der Waals surface area contributed by atoms with Crippen LogP contribution in [-0.4, -0.2) is 5.60 Å². The van der Waals surface area contributed by atoms with E-state index in [2.05, 4.69) is 6.92 Å². The summed E-state index contributed by atoms with van der Waals surface area (Å²) in [7, 11) is -4.92. The zero-order valence-corrected chi connectivity index (χ0v) is 18.3. The second-order valence-corrected chi connectivity index (χ2v) is 5.63. The molecule has 104 valence electrons. The van der Waals surface area contributed by atoms with E-state index < -0.39 is 13.4 Å². The van der Waals surface area contributed by atoms with E-state index in [9.17, 15) is 14.4 Å². The van der Waals surface area contributed by atoms with Gasteiger partial charge in [0.05, 0.1) is 13.4 Å². The van der Waals surface area contributed by atoms with Crippen molar-refractivity contribution in [2.45, 2.75) is 71.8 Å². The smallest absolute Gasteiger partial charge is 0.790 e. The van der Waals surface area contributed by atoms with E-state index in [1.807, 2.05) is 20.8 Å². The number of phosphoric ester groups is 1. The Labute approximate surface area is 162 Å². The summed E-state index contributed by atoms with van der Waals surface area (Å²) in [5.74, 6) is 0.133. The Bertz CT molecular complexity index is 254. The van der Waals surface area contributed by atoms with Gasteiger partial charge in [0, 0.05) is 0 Å². The van der Waals surface area contributed by atoms with Gasteiger partial charge in [-0.15, -0.1) is 0 Å². The van der Waals surface area contributed by atoms with Gasteiger partial charge < -0.3 is 18.9 Å². The Kier molecular flexibility index (Phi) is 17.3. The maximum Gasteiger partial charge on any atom is 1.00 e. The minimum absolute atomic E-state index is 0. The molecule has 0 N–H and O–H groups in total. The molecule has 0 aromatic rings. The summed E-state index contributed by atoms with van der Waals surface area (Å²) >= 11 is 0. The molecule has 1 unspecified atom stereocenters. The van der Waals surface area contributed by atoms with Crippen LogP contribution in [0.4, 0.5) is 0 Å². The number of hydrogen-bond donors (Lipinski definition) is 0. The first-order chi connectivity index (χ1) is 7.85. The second-order valence-electron chi connectivity index (χ2n) is 4.56. The van der Waals surface area contributed by atoms with Crippen LogP contribution in [0.25, 0.3) is 0 Å². The van der Waals surface area contributed by atoms with Crippen LogP contribution >= 0.6 is 7.82 Å². The largest absolute Gasteiger partial charge is 1.00 e. The van der Waals surface area contributed by atoms with Gasteiger partial charge in [-0.3, -0.25) is 0 Å². The van der Waals surface area contributed by atoms with Crippen molar-refractivity contribution < 1.29 is 78.0 Å². The predicted molar refractivity (Wildman–Crippen MR) is 65.3 cm³/mol. The molecule has 0 spiro atoms. The van der Waals surface area contributed by atoms with Gasteiger partial charge in [0.1, 0.15) is 0 Å². The molecule has 0 saturated carbocycles. The molecule has 0 saturated heterocycles. The Balaban J connectivity index is -0.00000128. The molecule has 0 radical (unpaired) electrons. The van der Waals surface area contributed by atoms with Crippen molar-refractivity contribution in [3.8, 4) is 0 Å². The van der Waals surface area contributed by atoms with E-state index >= 15 is 0 Å². The standard InChI is InChI=1S/C12H27O4P.2Na/c1-5-9-10-11(6-2)12(7-3,8-4)16-17(13,14)15;;/h11H,5-10H2,1-4H3,(H2,13,14,15);;/q;2*+1/p-2. The van der Waals surface area contributed by atoms with Crippen LogP contribution in [-0.2, 0) is 9.09 Å². The topological polar surface area (TPSA) is 72.4 Å². The summed E-state index contributed by atoms with van der Waals surface area (Å²) < 4.78 is 15.8. The van der Waals surface area contributed by atoms with Gasteiger partial charge in [-0.05, 0) is 25.2 Å². The van der Waals surface area contributed by atoms with Crippen LogP contribution in [0.3, 0.4) is 0 Å². The fourth-order valence-electron chi connectivity index (χ4n) is 2.54. The van der Waals surface area contributed by atoms with Crippen LogP contribution in [0.15, 0.2) is 0 Å². The van der Waals surface area contributed by atoms with E-state index in [1.165, 1.54) is 0 Å². The summed E-state index contributed by atoms with van der Waals surface area (Å²) in [6.07, 6.45) is 4.95. The summed E-state index contributed by atoms with van der Waals surface area (Å²) in [4.78, 5) is 21.8. The first-order valence-electron chi connectivity index (χ1n) is 6.58. The molecule has 0 heterocycles. The Morgan fingerprint density at radius 3 is 1.84 bits per heavy atom. The molecule has 19 heavy (non-hydrogen) atoms. The third kappa shape index (κ3) is 9.67. The van der Waals surface area contributed by atoms with Crippen molar-refractivity contribution in [3.05, 3.63) is 0 Å². The SMILES string of the molecule is CCCCC(CC)C(CC)(CC)OP(=O)([O-])[O-].[Na+].[Na+]. The van der Waals surface area contributed by atoms with Gasteiger partial charge >= 0.3 is 59.1 Å². The van der Waals surface area contributed by atoms with Gasteiger partial charge in [-0.2, -0.15) is 0 Å². The maximum absolute atomic E-state index is 10.9.